The molecule has 0 aromatic heterocycles. The lowest BCUT2D eigenvalue weighted by molar-refractivity contribution is 0.105. The van der Waals surface area contributed by atoms with Gasteiger partial charge in [0.2, 0.25) is 0 Å². The van der Waals surface area contributed by atoms with Crippen LogP contribution in [0.3, 0.4) is 0 Å². The van der Waals surface area contributed by atoms with Crippen LogP contribution in [0.2, 0.25) is 0 Å². The summed E-state index contributed by atoms with van der Waals surface area (Å²) >= 11 is 0. The highest BCUT2D eigenvalue weighted by Crippen LogP contribution is 2.43. The zero-order valence-corrected chi connectivity index (χ0v) is 12.6. The van der Waals surface area contributed by atoms with Crippen LogP contribution < -0.4 is 19.9 Å². The maximum Gasteiger partial charge on any atom is 0.169 e. The van der Waals surface area contributed by atoms with E-state index in [0.29, 0.717) is 6.61 Å². The standard InChI is InChI=1S/C16H16O3.CH5N/c1-11-10-18-15-9-5-7-13(16(15)19-11)12-6-3-4-8-14(12)17-2;1-2/h3-9,11H,10H2,1-2H3;2H2,1H3. The molecule has 1 aliphatic rings. The van der Waals surface area contributed by atoms with Crippen LogP contribution in [0.15, 0.2) is 42.5 Å². The molecule has 3 rings (SSSR count). The fourth-order valence-corrected chi connectivity index (χ4v) is 2.27. The Hall–Kier alpha value is -2.20. The smallest absolute Gasteiger partial charge is 0.169 e. The topological polar surface area (TPSA) is 53.7 Å². The highest BCUT2D eigenvalue weighted by Gasteiger charge is 2.22. The van der Waals surface area contributed by atoms with Gasteiger partial charge in [0.05, 0.1) is 7.11 Å². The molecule has 112 valence electrons. The fraction of sp³-hybridized carbons (Fsp3) is 0.294. The molecule has 2 aromatic rings. The van der Waals surface area contributed by atoms with Gasteiger partial charge >= 0.3 is 0 Å². The van der Waals surface area contributed by atoms with Gasteiger partial charge in [0, 0.05) is 11.1 Å². The first-order chi connectivity index (χ1) is 10.3. The Labute approximate surface area is 125 Å². The number of nitrogens with two attached hydrogens (primary N) is 1. The molecule has 1 heterocycles. The predicted octanol–water partition coefficient (Wildman–Crippen LogP) is 3.10. The van der Waals surface area contributed by atoms with Crippen molar-refractivity contribution in [3.8, 4) is 28.4 Å². The molecule has 0 bridgehead atoms. The first-order valence-electron chi connectivity index (χ1n) is 6.93. The zero-order valence-electron chi connectivity index (χ0n) is 12.6. The number of benzene rings is 2. The third-order valence-corrected chi connectivity index (χ3v) is 3.17. The lowest BCUT2D eigenvalue weighted by Crippen LogP contribution is -2.26. The van der Waals surface area contributed by atoms with Crippen LogP contribution >= 0.6 is 0 Å². The van der Waals surface area contributed by atoms with E-state index in [0.717, 1.165) is 28.4 Å². The van der Waals surface area contributed by atoms with E-state index in [1.165, 1.54) is 7.05 Å². The molecule has 1 aliphatic heterocycles. The van der Waals surface area contributed by atoms with Gasteiger partial charge in [-0.3, -0.25) is 0 Å². The Morgan fingerprint density at radius 3 is 2.52 bits per heavy atom. The molecule has 2 aromatic carbocycles. The molecule has 0 fully saturated rings. The number of fused-ring (bicyclic) bond motifs is 1. The molecular weight excluding hydrogens is 266 g/mol. The molecule has 21 heavy (non-hydrogen) atoms. The number of para-hydroxylation sites is 2. The van der Waals surface area contributed by atoms with E-state index in [9.17, 15) is 0 Å². The minimum Gasteiger partial charge on any atom is -0.496 e. The van der Waals surface area contributed by atoms with Gasteiger partial charge < -0.3 is 19.9 Å². The molecule has 0 saturated carbocycles. The molecular formula is C17H21NO3. The summed E-state index contributed by atoms with van der Waals surface area (Å²) in [7, 11) is 3.17. The van der Waals surface area contributed by atoms with Gasteiger partial charge in [0.25, 0.3) is 0 Å². The highest BCUT2D eigenvalue weighted by molar-refractivity contribution is 5.78. The average Bonchev–Trinajstić information content (AvgIpc) is 2.56. The number of hydrogen-bond acceptors (Lipinski definition) is 4. The summed E-state index contributed by atoms with van der Waals surface area (Å²) in [5.74, 6) is 2.42. The Morgan fingerprint density at radius 1 is 1.05 bits per heavy atom. The van der Waals surface area contributed by atoms with E-state index in [-0.39, 0.29) is 6.10 Å². The largest absolute Gasteiger partial charge is 0.496 e. The van der Waals surface area contributed by atoms with Gasteiger partial charge in [-0.05, 0) is 26.1 Å². The van der Waals surface area contributed by atoms with Crippen molar-refractivity contribution in [3.63, 3.8) is 0 Å². The molecule has 2 N–H and O–H groups in total. The number of methoxy groups -OCH3 is 1. The minimum absolute atomic E-state index is 0.0587. The molecule has 4 heteroatoms. The van der Waals surface area contributed by atoms with Gasteiger partial charge in [0.1, 0.15) is 18.5 Å². The second-order valence-corrected chi connectivity index (χ2v) is 4.57. The predicted molar refractivity (Wildman–Crippen MR) is 84.1 cm³/mol. The molecule has 4 nitrogen and oxygen atoms in total. The molecule has 0 saturated heterocycles. The third kappa shape index (κ3) is 3.11. The van der Waals surface area contributed by atoms with E-state index in [1.807, 2.05) is 49.4 Å². The maximum absolute atomic E-state index is 5.94. The van der Waals surface area contributed by atoms with Gasteiger partial charge in [-0.25, -0.2) is 0 Å². The van der Waals surface area contributed by atoms with Crippen molar-refractivity contribution in [1.82, 2.24) is 0 Å². The Bertz CT molecular complexity index is 598. The maximum atomic E-state index is 5.94. The number of rotatable bonds is 2. The molecule has 1 atom stereocenters. The zero-order chi connectivity index (χ0) is 15.2. The number of ether oxygens (including phenoxy) is 3. The first-order valence-corrected chi connectivity index (χ1v) is 6.93. The van der Waals surface area contributed by atoms with E-state index in [1.54, 1.807) is 7.11 Å². The summed E-state index contributed by atoms with van der Waals surface area (Å²) in [4.78, 5) is 0. The first kappa shape index (κ1) is 15.2. The Balaban J connectivity index is 0.000000774. The molecule has 0 radical (unpaired) electrons. The van der Waals surface area contributed by atoms with Crippen molar-refractivity contribution < 1.29 is 14.2 Å². The van der Waals surface area contributed by atoms with E-state index < -0.39 is 0 Å². The monoisotopic (exact) mass is 287 g/mol. The highest BCUT2D eigenvalue weighted by atomic mass is 16.6. The molecule has 1 unspecified atom stereocenters. The lowest BCUT2D eigenvalue weighted by Gasteiger charge is -2.26. The summed E-state index contributed by atoms with van der Waals surface area (Å²) in [5, 5.41) is 0. The van der Waals surface area contributed by atoms with Crippen LogP contribution in [0, 0.1) is 0 Å². The van der Waals surface area contributed by atoms with Gasteiger partial charge in [-0.2, -0.15) is 0 Å². The van der Waals surface area contributed by atoms with Crippen molar-refractivity contribution in [3.05, 3.63) is 42.5 Å². The molecule has 0 amide bonds. The van der Waals surface area contributed by atoms with Crippen molar-refractivity contribution in [2.45, 2.75) is 13.0 Å². The Kier molecular flexibility index (Phi) is 5.06. The van der Waals surface area contributed by atoms with Crippen molar-refractivity contribution >= 4 is 0 Å². The normalized spacial score (nSPS) is 15.7. The van der Waals surface area contributed by atoms with Crippen LogP contribution in [0.5, 0.6) is 17.2 Å². The van der Waals surface area contributed by atoms with Crippen LogP contribution in [0.1, 0.15) is 6.92 Å². The van der Waals surface area contributed by atoms with Gasteiger partial charge in [-0.1, -0.05) is 30.3 Å². The summed E-state index contributed by atoms with van der Waals surface area (Å²) in [6, 6.07) is 13.8. The van der Waals surface area contributed by atoms with Crippen LogP contribution in [0.25, 0.3) is 11.1 Å². The van der Waals surface area contributed by atoms with E-state index >= 15 is 0 Å². The van der Waals surface area contributed by atoms with Gasteiger partial charge in [-0.15, -0.1) is 0 Å². The van der Waals surface area contributed by atoms with E-state index in [2.05, 4.69) is 5.73 Å². The molecule has 0 aliphatic carbocycles. The minimum atomic E-state index is 0.0587. The second-order valence-electron chi connectivity index (χ2n) is 4.57. The Morgan fingerprint density at radius 2 is 1.76 bits per heavy atom. The summed E-state index contributed by atoms with van der Waals surface area (Å²) in [6.45, 7) is 2.59. The summed E-state index contributed by atoms with van der Waals surface area (Å²) in [5.41, 5.74) is 6.51. The summed E-state index contributed by atoms with van der Waals surface area (Å²) < 4.78 is 17.1. The van der Waals surface area contributed by atoms with Crippen LogP contribution in [0.4, 0.5) is 0 Å². The van der Waals surface area contributed by atoms with Crippen molar-refractivity contribution in [1.29, 1.82) is 0 Å². The van der Waals surface area contributed by atoms with Crippen LogP contribution in [-0.2, 0) is 0 Å². The molecule has 0 spiro atoms. The lowest BCUT2D eigenvalue weighted by atomic mass is 10.0. The van der Waals surface area contributed by atoms with E-state index in [4.69, 9.17) is 14.2 Å². The summed E-state index contributed by atoms with van der Waals surface area (Å²) in [6.07, 6.45) is 0.0587. The van der Waals surface area contributed by atoms with Crippen molar-refractivity contribution in [2.24, 2.45) is 5.73 Å². The number of hydrogen-bond donors (Lipinski definition) is 1. The second kappa shape index (κ2) is 6.99. The quantitative estimate of drug-likeness (QED) is 0.922. The van der Waals surface area contributed by atoms with Gasteiger partial charge in [0.15, 0.2) is 11.5 Å². The average molecular weight is 287 g/mol. The fourth-order valence-electron chi connectivity index (χ4n) is 2.27. The van der Waals surface area contributed by atoms with Crippen molar-refractivity contribution in [2.75, 3.05) is 20.8 Å². The SMILES string of the molecule is CN.COc1ccccc1-c1cccc2c1OC(C)CO2. The van der Waals surface area contributed by atoms with Crippen LogP contribution in [-0.4, -0.2) is 26.9 Å². The third-order valence-electron chi connectivity index (χ3n) is 3.17.